The molecule has 17 heteroatoms. The first-order valence-corrected chi connectivity index (χ1v) is 19.8. The Morgan fingerprint density at radius 3 is 2.30 bits per heavy atom. The summed E-state index contributed by atoms with van der Waals surface area (Å²) in [7, 11) is -3.48. The van der Waals surface area contributed by atoms with Gasteiger partial charge in [0.05, 0.1) is 28.1 Å². The number of nitrogens with one attached hydrogen (secondary N) is 1. The molecule has 2 saturated heterocycles. The van der Waals surface area contributed by atoms with E-state index < -0.39 is 67.7 Å². The normalized spacial score (nSPS) is 22.7. The summed E-state index contributed by atoms with van der Waals surface area (Å²) >= 11 is 0. The minimum absolute atomic E-state index is 0.000170. The number of carbonyl (C=O) groups excluding carboxylic acids is 5. The molecule has 6 rings (SSSR count). The molecule has 2 atom stereocenters. The standard InChI is InChI=1S/C36H47N7O9S/c1-35(2,49)29-20-38-41-43(29)24-19-28(33(47)40-36(30(44)31(37)45)14-16-52-17-15-36)42(21-24)34(48)27(18-22-6-4-3-5-7-22)39-32(46)23-8-10-25(11-9-23)53(50,51)26-12-13-26/h8-11,20,22,24,26,28,49H,3-7,12-19,21H2,1-2H3,(H2,37,45)(H,40,47)/b39-27+/t24-,28-/m0/s1. The number of rotatable bonds is 12. The van der Waals surface area contributed by atoms with Crippen LogP contribution in [0.15, 0.2) is 40.4 Å². The summed E-state index contributed by atoms with van der Waals surface area (Å²) in [6, 6.07) is 3.68. The van der Waals surface area contributed by atoms with Crippen molar-refractivity contribution in [3.05, 3.63) is 41.7 Å². The van der Waals surface area contributed by atoms with Gasteiger partial charge < -0.3 is 25.8 Å². The van der Waals surface area contributed by atoms with Crippen molar-refractivity contribution >= 4 is 45.0 Å². The average Bonchev–Trinajstić information content (AvgIpc) is 3.71. The zero-order chi connectivity index (χ0) is 38.1. The van der Waals surface area contributed by atoms with Crippen LogP contribution in [-0.4, -0.2) is 105 Å². The minimum atomic E-state index is -3.48. The molecule has 2 saturated carbocycles. The van der Waals surface area contributed by atoms with E-state index in [1.165, 1.54) is 40.0 Å². The monoisotopic (exact) mass is 753 g/mol. The Hall–Kier alpha value is -4.35. The number of aliphatic imine (C=N–C) groups is 1. The van der Waals surface area contributed by atoms with Gasteiger partial charge in [0.15, 0.2) is 9.84 Å². The minimum Gasteiger partial charge on any atom is -0.384 e. The molecule has 3 heterocycles. The third-order valence-electron chi connectivity index (χ3n) is 10.8. The van der Waals surface area contributed by atoms with Gasteiger partial charge in [0.25, 0.3) is 17.7 Å². The second kappa shape index (κ2) is 15.2. The van der Waals surface area contributed by atoms with Gasteiger partial charge in [0.2, 0.25) is 11.7 Å². The van der Waals surface area contributed by atoms with Crippen molar-refractivity contribution in [2.45, 2.75) is 118 Å². The molecule has 53 heavy (non-hydrogen) atoms. The first-order valence-electron chi connectivity index (χ1n) is 18.2. The Morgan fingerprint density at radius 1 is 1.04 bits per heavy atom. The van der Waals surface area contributed by atoms with Crippen molar-refractivity contribution in [1.29, 1.82) is 0 Å². The zero-order valence-corrected chi connectivity index (χ0v) is 30.8. The molecule has 2 aliphatic carbocycles. The van der Waals surface area contributed by atoms with Crippen LogP contribution >= 0.6 is 0 Å². The quantitative estimate of drug-likeness (QED) is 0.208. The topological polar surface area (TPSA) is 233 Å². The fourth-order valence-electron chi connectivity index (χ4n) is 7.66. The lowest BCUT2D eigenvalue weighted by atomic mass is 9.84. The number of sulfone groups is 1. The number of aliphatic hydroxyl groups is 1. The van der Waals surface area contributed by atoms with Gasteiger partial charge in [0.1, 0.15) is 22.9 Å². The summed E-state index contributed by atoms with van der Waals surface area (Å²) in [6.07, 6.45) is 7.41. The van der Waals surface area contributed by atoms with Gasteiger partial charge in [-0.15, -0.1) is 5.10 Å². The molecule has 286 valence electrons. The van der Waals surface area contributed by atoms with Gasteiger partial charge in [0, 0.05) is 44.6 Å². The molecular weight excluding hydrogens is 707 g/mol. The maximum absolute atomic E-state index is 14.7. The predicted molar refractivity (Wildman–Crippen MR) is 189 cm³/mol. The first-order chi connectivity index (χ1) is 25.1. The molecule has 4 fully saturated rings. The van der Waals surface area contributed by atoms with E-state index in [1.54, 1.807) is 13.8 Å². The Morgan fingerprint density at radius 2 is 1.70 bits per heavy atom. The number of hydrogen-bond donors (Lipinski definition) is 3. The molecule has 16 nitrogen and oxygen atoms in total. The summed E-state index contributed by atoms with van der Waals surface area (Å²) in [5, 5.41) is 21.3. The molecule has 1 aromatic heterocycles. The van der Waals surface area contributed by atoms with E-state index in [9.17, 15) is 37.5 Å². The SMILES string of the molecule is CC(C)(O)c1cnnn1[C@H]1C[C@@H](C(=O)NC2(C(=O)C(N)=O)CCOCC2)N(C(=O)/C(CC2CCCCC2)=N/C(=O)c2ccc(S(=O)(=O)C3CC3)cc2)C1. The number of primary amides is 1. The highest BCUT2D eigenvalue weighted by Crippen LogP contribution is 2.35. The number of carbonyl (C=O) groups is 5. The second-order valence-electron chi connectivity index (χ2n) is 15.2. The van der Waals surface area contributed by atoms with Crippen LogP contribution in [0, 0.1) is 5.92 Å². The fraction of sp³-hybridized carbons (Fsp3) is 0.611. The van der Waals surface area contributed by atoms with E-state index in [-0.39, 0.29) is 67.5 Å². The van der Waals surface area contributed by atoms with Crippen LogP contribution in [0.5, 0.6) is 0 Å². The lowest BCUT2D eigenvalue weighted by molar-refractivity contribution is -0.146. The summed E-state index contributed by atoms with van der Waals surface area (Å²) < 4.78 is 32.3. The van der Waals surface area contributed by atoms with Gasteiger partial charge in [-0.1, -0.05) is 37.3 Å². The molecule has 0 spiro atoms. The Bertz CT molecular complexity index is 1890. The highest BCUT2D eigenvalue weighted by molar-refractivity contribution is 7.92. The number of ketones is 1. The number of benzene rings is 1. The highest BCUT2D eigenvalue weighted by atomic mass is 32.2. The summed E-state index contributed by atoms with van der Waals surface area (Å²) in [4.78, 5) is 73.6. The van der Waals surface area contributed by atoms with Gasteiger partial charge in [-0.05, 0) is 63.3 Å². The van der Waals surface area contributed by atoms with Crippen LogP contribution in [0.25, 0.3) is 0 Å². The number of nitrogens with zero attached hydrogens (tertiary/aromatic N) is 5. The number of nitrogens with two attached hydrogens (primary N) is 1. The maximum Gasteiger partial charge on any atom is 0.287 e. The molecule has 0 unspecified atom stereocenters. The van der Waals surface area contributed by atoms with Gasteiger partial charge >= 0.3 is 0 Å². The van der Waals surface area contributed by atoms with E-state index in [0.717, 1.165) is 32.1 Å². The summed E-state index contributed by atoms with van der Waals surface area (Å²) in [5.74, 6) is -4.22. The molecular formula is C36H47N7O9S. The number of Topliss-reactive ketones (excluding diaryl/α,β-unsaturated/α-hetero) is 1. The van der Waals surface area contributed by atoms with Crippen molar-refractivity contribution in [3.8, 4) is 0 Å². The first kappa shape index (κ1) is 38.4. The third kappa shape index (κ3) is 8.26. The smallest absolute Gasteiger partial charge is 0.287 e. The summed E-state index contributed by atoms with van der Waals surface area (Å²) in [5.41, 5.74) is 2.80. The molecule has 0 radical (unpaired) electrons. The molecule has 4 amide bonds. The van der Waals surface area contributed by atoms with E-state index in [0.29, 0.717) is 18.5 Å². The third-order valence-corrected chi connectivity index (χ3v) is 13.1. The van der Waals surface area contributed by atoms with Crippen LogP contribution in [0.1, 0.15) is 107 Å². The molecule has 4 aliphatic rings. The van der Waals surface area contributed by atoms with Crippen LogP contribution < -0.4 is 11.1 Å². The van der Waals surface area contributed by atoms with Crippen molar-refractivity contribution in [1.82, 2.24) is 25.2 Å². The van der Waals surface area contributed by atoms with Crippen molar-refractivity contribution in [2.75, 3.05) is 19.8 Å². The van der Waals surface area contributed by atoms with Crippen molar-refractivity contribution < 1.29 is 42.2 Å². The predicted octanol–water partition coefficient (Wildman–Crippen LogP) is 1.56. The number of hydrogen-bond acceptors (Lipinski definition) is 11. The van der Waals surface area contributed by atoms with Crippen LogP contribution in [-0.2, 0) is 39.4 Å². The summed E-state index contributed by atoms with van der Waals surface area (Å²) in [6.45, 7) is 3.23. The lowest BCUT2D eigenvalue weighted by Crippen LogP contribution is -2.63. The van der Waals surface area contributed by atoms with E-state index in [2.05, 4.69) is 20.6 Å². The Labute approximate surface area is 307 Å². The second-order valence-corrected chi connectivity index (χ2v) is 17.4. The molecule has 0 bridgehead atoms. The van der Waals surface area contributed by atoms with Crippen LogP contribution in [0.2, 0.25) is 0 Å². The van der Waals surface area contributed by atoms with Crippen molar-refractivity contribution in [2.24, 2.45) is 16.6 Å². The van der Waals surface area contributed by atoms with Crippen molar-refractivity contribution in [3.63, 3.8) is 0 Å². The van der Waals surface area contributed by atoms with Gasteiger partial charge in [-0.3, -0.25) is 24.0 Å². The largest absolute Gasteiger partial charge is 0.384 e. The Balaban J connectivity index is 1.35. The van der Waals surface area contributed by atoms with E-state index >= 15 is 0 Å². The van der Waals surface area contributed by atoms with E-state index in [4.69, 9.17) is 10.5 Å². The Kier molecular flexibility index (Phi) is 11.0. The number of likely N-dealkylation sites (tertiary alicyclic amines) is 1. The number of ether oxygens (including phenoxy) is 1. The average molecular weight is 754 g/mol. The van der Waals surface area contributed by atoms with E-state index in [1.807, 2.05) is 0 Å². The van der Waals surface area contributed by atoms with Crippen LogP contribution in [0.3, 0.4) is 0 Å². The molecule has 4 N–H and O–H groups in total. The fourth-order valence-corrected chi connectivity index (χ4v) is 9.31. The zero-order valence-electron chi connectivity index (χ0n) is 30.0. The molecule has 1 aromatic carbocycles. The molecule has 2 aromatic rings. The van der Waals surface area contributed by atoms with Gasteiger partial charge in [-0.25, -0.2) is 18.1 Å². The maximum atomic E-state index is 14.7. The van der Waals surface area contributed by atoms with Gasteiger partial charge in [-0.2, -0.15) is 0 Å². The highest BCUT2D eigenvalue weighted by Gasteiger charge is 2.49. The number of aromatic nitrogens is 3. The number of amides is 4. The molecule has 2 aliphatic heterocycles. The van der Waals surface area contributed by atoms with Crippen LogP contribution in [0.4, 0.5) is 0 Å². The lowest BCUT2D eigenvalue weighted by Gasteiger charge is -2.37.